The van der Waals surface area contributed by atoms with Crippen LogP contribution in [0.1, 0.15) is 10.5 Å². The van der Waals surface area contributed by atoms with Crippen LogP contribution >= 0.6 is 15.9 Å². The Kier molecular flexibility index (Phi) is 3.23. The van der Waals surface area contributed by atoms with Gasteiger partial charge in [0.05, 0.1) is 0 Å². The summed E-state index contributed by atoms with van der Waals surface area (Å²) in [5, 5.41) is 2.39. The van der Waals surface area contributed by atoms with Crippen LogP contribution in [-0.2, 0) is 0 Å². The summed E-state index contributed by atoms with van der Waals surface area (Å²) in [6, 6.07) is 4.47. The second-order valence-corrected chi connectivity index (χ2v) is 4.17. The van der Waals surface area contributed by atoms with Crippen LogP contribution in [0.3, 0.4) is 0 Å². The highest BCUT2D eigenvalue weighted by Gasteiger charge is 2.12. The lowest BCUT2D eigenvalue weighted by Gasteiger charge is -2.04. The first-order valence-corrected chi connectivity index (χ1v) is 5.46. The summed E-state index contributed by atoms with van der Waals surface area (Å²) in [5.74, 6) is -1.97. The lowest BCUT2D eigenvalue weighted by atomic mass is 10.3. The Morgan fingerprint density at radius 2 is 1.88 bits per heavy atom. The van der Waals surface area contributed by atoms with E-state index in [-0.39, 0.29) is 11.4 Å². The van der Waals surface area contributed by atoms with Gasteiger partial charge in [0.2, 0.25) is 0 Å². The molecule has 0 radical (unpaired) electrons. The molecule has 2 N–H and O–H groups in total. The first-order valence-electron chi connectivity index (χ1n) is 4.66. The summed E-state index contributed by atoms with van der Waals surface area (Å²) in [7, 11) is 0. The molecule has 0 saturated carbocycles. The van der Waals surface area contributed by atoms with Gasteiger partial charge in [0.15, 0.2) is 0 Å². The summed E-state index contributed by atoms with van der Waals surface area (Å²) in [5.41, 5.74) is 0.351. The first-order chi connectivity index (χ1) is 8.06. The van der Waals surface area contributed by atoms with Crippen LogP contribution in [0.4, 0.5) is 14.5 Å². The number of aromatic nitrogens is 1. The Balaban J connectivity index is 2.21. The molecule has 0 aliphatic heterocycles. The number of hydrogen-bond acceptors (Lipinski definition) is 1. The number of carbonyl (C=O) groups excluding carboxylic acids is 1. The van der Waals surface area contributed by atoms with Gasteiger partial charge in [-0.05, 0) is 34.1 Å². The van der Waals surface area contributed by atoms with Crippen molar-refractivity contribution in [2.45, 2.75) is 0 Å². The van der Waals surface area contributed by atoms with E-state index < -0.39 is 17.5 Å². The van der Waals surface area contributed by atoms with E-state index in [9.17, 15) is 13.6 Å². The second-order valence-electron chi connectivity index (χ2n) is 3.31. The minimum atomic E-state index is -0.745. The van der Waals surface area contributed by atoms with Gasteiger partial charge < -0.3 is 10.3 Å². The topological polar surface area (TPSA) is 44.9 Å². The van der Waals surface area contributed by atoms with E-state index in [1.165, 1.54) is 0 Å². The van der Waals surface area contributed by atoms with Crippen molar-refractivity contribution < 1.29 is 13.6 Å². The van der Waals surface area contributed by atoms with Gasteiger partial charge in [-0.2, -0.15) is 0 Å². The summed E-state index contributed by atoms with van der Waals surface area (Å²) in [6.45, 7) is 0. The number of carbonyl (C=O) groups is 1. The summed E-state index contributed by atoms with van der Waals surface area (Å²) in [4.78, 5) is 14.4. The molecule has 17 heavy (non-hydrogen) atoms. The zero-order chi connectivity index (χ0) is 12.4. The number of aromatic amines is 1. The molecule has 6 heteroatoms. The van der Waals surface area contributed by atoms with Gasteiger partial charge in [0.1, 0.15) is 17.3 Å². The van der Waals surface area contributed by atoms with Gasteiger partial charge in [-0.3, -0.25) is 4.79 Å². The molecule has 1 aromatic heterocycles. The van der Waals surface area contributed by atoms with Crippen molar-refractivity contribution >= 4 is 27.5 Å². The predicted octanol–water partition coefficient (Wildman–Crippen LogP) is 3.31. The van der Waals surface area contributed by atoms with Crippen molar-refractivity contribution in [3.63, 3.8) is 0 Å². The van der Waals surface area contributed by atoms with Crippen LogP contribution in [-0.4, -0.2) is 10.9 Å². The summed E-state index contributed by atoms with van der Waals surface area (Å²) in [6.07, 6.45) is 1.57. The normalized spacial score (nSPS) is 10.3. The SMILES string of the molecule is O=C(Nc1cc(F)cc(F)c1)c1[nH]ccc1Br. The Bertz CT molecular complexity index is 548. The maximum atomic E-state index is 12.9. The Morgan fingerprint density at radius 3 is 2.41 bits per heavy atom. The first kappa shape index (κ1) is 11.8. The number of halogens is 3. The molecule has 0 atom stereocenters. The van der Waals surface area contributed by atoms with Crippen molar-refractivity contribution in [1.29, 1.82) is 0 Å². The van der Waals surface area contributed by atoms with Gasteiger partial charge in [0, 0.05) is 22.4 Å². The Hall–Kier alpha value is -1.69. The van der Waals surface area contributed by atoms with E-state index in [2.05, 4.69) is 26.2 Å². The predicted molar refractivity (Wildman–Crippen MR) is 62.8 cm³/mol. The highest BCUT2D eigenvalue weighted by Crippen LogP contribution is 2.18. The number of hydrogen-bond donors (Lipinski definition) is 2. The van der Waals surface area contributed by atoms with E-state index in [1.807, 2.05) is 0 Å². The summed E-state index contributed by atoms with van der Waals surface area (Å²) >= 11 is 3.17. The van der Waals surface area contributed by atoms with Crippen LogP contribution in [0, 0.1) is 11.6 Å². The fraction of sp³-hybridized carbons (Fsp3) is 0. The largest absolute Gasteiger partial charge is 0.356 e. The van der Waals surface area contributed by atoms with Crippen LogP contribution < -0.4 is 5.32 Å². The van der Waals surface area contributed by atoms with Crippen LogP contribution in [0.25, 0.3) is 0 Å². The molecule has 1 amide bonds. The van der Waals surface area contributed by atoms with E-state index in [1.54, 1.807) is 12.3 Å². The van der Waals surface area contributed by atoms with Crippen LogP contribution in [0.5, 0.6) is 0 Å². The number of benzene rings is 1. The minimum absolute atomic E-state index is 0.0639. The summed E-state index contributed by atoms with van der Waals surface area (Å²) < 4.78 is 26.4. The monoisotopic (exact) mass is 300 g/mol. The molecule has 0 aliphatic carbocycles. The highest BCUT2D eigenvalue weighted by atomic mass is 79.9. The average molecular weight is 301 g/mol. The third kappa shape index (κ3) is 2.71. The van der Waals surface area contributed by atoms with Crippen molar-refractivity contribution in [3.8, 4) is 0 Å². The molecular formula is C11H7BrF2N2O. The zero-order valence-electron chi connectivity index (χ0n) is 8.43. The third-order valence-electron chi connectivity index (χ3n) is 2.04. The van der Waals surface area contributed by atoms with Gasteiger partial charge in [-0.15, -0.1) is 0 Å². The molecule has 0 aliphatic rings. The number of H-pyrrole nitrogens is 1. The number of anilines is 1. The van der Waals surface area contributed by atoms with Crippen molar-refractivity contribution in [3.05, 3.63) is 52.3 Å². The van der Waals surface area contributed by atoms with Crippen molar-refractivity contribution in [1.82, 2.24) is 4.98 Å². The quantitative estimate of drug-likeness (QED) is 0.878. The van der Waals surface area contributed by atoms with Crippen molar-refractivity contribution in [2.75, 3.05) is 5.32 Å². The zero-order valence-corrected chi connectivity index (χ0v) is 10.0. The number of amides is 1. The molecule has 88 valence electrons. The standard InChI is InChI=1S/C11H7BrF2N2O/c12-9-1-2-15-10(9)11(17)16-8-4-6(13)3-7(14)5-8/h1-5,15H,(H,16,17). The smallest absolute Gasteiger partial charge is 0.273 e. The van der Waals surface area contributed by atoms with Crippen LogP contribution in [0.2, 0.25) is 0 Å². The van der Waals surface area contributed by atoms with Gasteiger partial charge in [-0.25, -0.2) is 8.78 Å². The van der Waals surface area contributed by atoms with Gasteiger partial charge in [0.25, 0.3) is 5.91 Å². The average Bonchev–Trinajstić information content (AvgIpc) is 2.62. The molecule has 0 bridgehead atoms. The third-order valence-corrected chi connectivity index (χ3v) is 2.70. The van der Waals surface area contributed by atoms with Gasteiger partial charge in [-0.1, -0.05) is 0 Å². The van der Waals surface area contributed by atoms with E-state index in [0.29, 0.717) is 4.47 Å². The molecule has 0 unspecified atom stereocenters. The lowest BCUT2D eigenvalue weighted by molar-refractivity contribution is 0.102. The Morgan fingerprint density at radius 1 is 1.24 bits per heavy atom. The molecule has 1 aromatic carbocycles. The van der Waals surface area contributed by atoms with Gasteiger partial charge >= 0.3 is 0 Å². The van der Waals surface area contributed by atoms with E-state index >= 15 is 0 Å². The molecule has 0 spiro atoms. The lowest BCUT2D eigenvalue weighted by Crippen LogP contribution is -2.13. The van der Waals surface area contributed by atoms with E-state index in [4.69, 9.17) is 0 Å². The number of rotatable bonds is 2. The van der Waals surface area contributed by atoms with Crippen molar-refractivity contribution in [2.24, 2.45) is 0 Å². The molecule has 0 fully saturated rings. The fourth-order valence-corrected chi connectivity index (χ4v) is 1.77. The molecule has 2 rings (SSSR count). The van der Waals surface area contributed by atoms with Crippen LogP contribution in [0.15, 0.2) is 34.9 Å². The molecule has 1 heterocycles. The number of nitrogens with one attached hydrogen (secondary N) is 2. The minimum Gasteiger partial charge on any atom is -0.356 e. The maximum absolute atomic E-state index is 12.9. The van der Waals surface area contributed by atoms with E-state index in [0.717, 1.165) is 18.2 Å². The highest BCUT2D eigenvalue weighted by molar-refractivity contribution is 9.10. The molecular weight excluding hydrogens is 294 g/mol. The molecule has 3 nitrogen and oxygen atoms in total. The fourth-order valence-electron chi connectivity index (χ4n) is 1.34. The molecule has 2 aromatic rings. The maximum Gasteiger partial charge on any atom is 0.273 e. The Labute approximate surface area is 104 Å². The molecule has 0 saturated heterocycles. The second kappa shape index (κ2) is 4.67.